The van der Waals surface area contributed by atoms with E-state index in [2.05, 4.69) is 63.8 Å². The van der Waals surface area contributed by atoms with Crippen LogP contribution >= 0.6 is 0 Å². The van der Waals surface area contributed by atoms with Gasteiger partial charge < -0.3 is 9.13 Å². The van der Waals surface area contributed by atoms with Gasteiger partial charge in [-0.3, -0.25) is 0 Å². The lowest BCUT2D eigenvalue weighted by molar-refractivity contribution is 0.255. The van der Waals surface area contributed by atoms with Gasteiger partial charge in [0.1, 0.15) is 0 Å². The Labute approximate surface area is 96.8 Å². The molecule has 0 aromatic rings. The third-order valence-corrected chi connectivity index (χ3v) is 7.92. The molecule has 1 fully saturated rings. The Balaban J connectivity index is 2.95. The molecule has 0 bridgehead atoms. The lowest BCUT2D eigenvalue weighted by Gasteiger charge is -2.47. The van der Waals surface area contributed by atoms with Gasteiger partial charge >= 0.3 is 0 Å². The molecule has 0 radical (unpaired) electrons. The van der Waals surface area contributed by atoms with Crippen molar-refractivity contribution in [3.8, 4) is 0 Å². The van der Waals surface area contributed by atoms with Crippen LogP contribution in [0.3, 0.4) is 0 Å². The highest BCUT2D eigenvalue weighted by Crippen LogP contribution is 2.34. The quantitative estimate of drug-likeness (QED) is 0.588. The van der Waals surface area contributed by atoms with E-state index in [9.17, 15) is 0 Å². The minimum atomic E-state index is -1.40. The van der Waals surface area contributed by atoms with Crippen molar-refractivity contribution in [2.75, 3.05) is 13.1 Å². The zero-order chi connectivity index (χ0) is 12.1. The monoisotopic (exact) mass is 228 g/mol. The largest absolute Gasteiger partial charge is 0.306 e. The SMILES string of the molecule is CC(C)(C)N1CCN(C(C)(C)C)[Si]1(C)C. The van der Waals surface area contributed by atoms with Crippen LogP contribution in [-0.2, 0) is 0 Å². The summed E-state index contributed by atoms with van der Waals surface area (Å²) in [4.78, 5) is 0. The average Bonchev–Trinajstić information content (AvgIpc) is 2.21. The second-order valence-corrected chi connectivity index (χ2v) is 11.2. The minimum Gasteiger partial charge on any atom is -0.306 e. The maximum Gasteiger partial charge on any atom is 0.201 e. The lowest BCUT2D eigenvalue weighted by Crippen LogP contribution is -2.63. The second kappa shape index (κ2) is 3.57. The van der Waals surface area contributed by atoms with Gasteiger partial charge in [-0.1, -0.05) is 0 Å². The van der Waals surface area contributed by atoms with Crippen molar-refractivity contribution in [2.45, 2.75) is 65.7 Å². The molecule has 0 spiro atoms. The van der Waals surface area contributed by atoms with Crippen LogP contribution in [0.4, 0.5) is 0 Å². The van der Waals surface area contributed by atoms with Crippen LogP contribution in [0.1, 0.15) is 41.5 Å². The van der Waals surface area contributed by atoms with Crippen LogP contribution in [0.2, 0.25) is 13.1 Å². The molecule has 0 amide bonds. The number of hydrogen-bond donors (Lipinski definition) is 0. The van der Waals surface area contributed by atoms with Gasteiger partial charge in [0.15, 0.2) is 0 Å². The summed E-state index contributed by atoms with van der Waals surface area (Å²) in [6.45, 7) is 21.5. The summed E-state index contributed by atoms with van der Waals surface area (Å²) in [5.74, 6) is 0. The Hall–Kier alpha value is 0.137. The summed E-state index contributed by atoms with van der Waals surface area (Å²) in [6.07, 6.45) is 0. The van der Waals surface area contributed by atoms with Gasteiger partial charge in [0, 0.05) is 24.2 Å². The Morgan fingerprint density at radius 3 is 1.13 bits per heavy atom. The van der Waals surface area contributed by atoms with Crippen molar-refractivity contribution < 1.29 is 0 Å². The van der Waals surface area contributed by atoms with Crippen molar-refractivity contribution in [1.82, 2.24) is 9.13 Å². The molecule has 0 atom stereocenters. The smallest absolute Gasteiger partial charge is 0.201 e. The van der Waals surface area contributed by atoms with E-state index in [-0.39, 0.29) is 0 Å². The molecule has 0 saturated carbocycles. The van der Waals surface area contributed by atoms with Gasteiger partial charge in [0.25, 0.3) is 0 Å². The maximum atomic E-state index is 2.74. The molecule has 1 aliphatic heterocycles. The highest BCUT2D eigenvalue weighted by molar-refractivity contribution is 6.72. The van der Waals surface area contributed by atoms with E-state index in [1.807, 2.05) is 0 Å². The molecule has 15 heavy (non-hydrogen) atoms. The molecule has 1 saturated heterocycles. The first-order valence-electron chi connectivity index (χ1n) is 6.03. The highest BCUT2D eigenvalue weighted by Gasteiger charge is 2.49. The number of hydrogen-bond acceptors (Lipinski definition) is 2. The molecule has 0 aliphatic carbocycles. The van der Waals surface area contributed by atoms with E-state index in [4.69, 9.17) is 0 Å². The summed E-state index contributed by atoms with van der Waals surface area (Å²) in [6, 6.07) is 0. The molecule has 0 aromatic heterocycles. The van der Waals surface area contributed by atoms with Gasteiger partial charge in [-0.25, -0.2) is 0 Å². The van der Waals surface area contributed by atoms with E-state index < -0.39 is 8.40 Å². The van der Waals surface area contributed by atoms with Gasteiger partial charge in [-0.05, 0) is 54.6 Å². The number of rotatable bonds is 0. The second-order valence-electron chi connectivity index (χ2n) is 7.14. The molecule has 3 heteroatoms. The Morgan fingerprint density at radius 2 is 1.00 bits per heavy atom. The van der Waals surface area contributed by atoms with Crippen molar-refractivity contribution in [3.63, 3.8) is 0 Å². The standard InChI is InChI=1S/C12H28N2Si/c1-11(2,3)13-9-10-14(12(4,5)6)15(13,7)8/h9-10H2,1-8H3. The van der Waals surface area contributed by atoms with Crippen molar-refractivity contribution in [2.24, 2.45) is 0 Å². The van der Waals surface area contributed by atoms with E-state index in [1.54, 1.807) is 0 Å². The minimum absolute atomic E-state index is 0.315. The van der Waals surface area contributed by atoms with Crippen molar-refractivity contribution in [3.05, 3.63) is 0 Å². The van der Waals surface area contributed by atoms with Crippen LogP contribution in [-0.4, -0.2) is 41.7 Å². The molecular formula is C12H28N2Si. The zero-order valence-corrected chi connectivity index (χ0v) is 12.8. The Morgan fingerprint density at radius 1 is 0.733 bits per heavy atom. The van der Waals surface area contributed by atoms with Gasteiger partial charge in [-0.2, -0.15) is 0 Å². The van der Waals surface area contributed by atoms with E-state index >= 15 is 0 Å². The molecule has 0 unspecified atom stereocenters. The first kappa shape index (κ1) is 13.2. The molecule has 1 heterocycles. The van der Waals surface area contributed by atoms with E-state index in [1.165, 1.54) is 13.1 Å². The third kappa shape index (κ3) is 2.45. The summed E-state index contributed by atoms with van der Waals surface area (Å²) in [5.41, 5.74) is 0.630. The first-order valence-corrected chi connectivity index (χ1v) is 8.92. The summed E-state index contributed by atoms with van der Waals surface area (Å²) >= 11 is 0. The molecule has 2 nitrogen and oxygen atoms in total. The van der Waals surface area contributed by atoms with Crippen LogP contribution in [0, 0.1) is 0 Å². The predicted octanol–water partition coefficient (Wildman–Crippen LogP) is 2.90. The van der Waals surface area contributed by atoms with Crippen molar-refractivity contribution in [1.29, 1.82) is 0 Å². The van der Waals surface area contributed by atoms with E-state index in [0.717, 1.165) is 0 Å². The van der Waals surface area contributed by atoms with Gasteiger partial charge in [0.2, 0.25) is 8.40 Å². The van der Waals surface area contributed by atoms with Crippen LogP contribution in [0.5, 0.6) is 0 Å². The lowest BCUT2D eigenvalue weighted by atomic mass is 10.1. The summed E-state index contributed by atoms with van der Waals surface area (Å²) < 4.78 is 5.48. The molecule has 1 aliphatic rings. The van der Waals surface area contributed by atoms with Crippen molar-refractivity contribution >= 4 is 8.40 Å². The molecule has 0 N–H and O–H groups in total. The van der Waals surface area contributed by atoms with Crippen LogP contribution < -0.4 is 0 Å². The van der Waals surface area contributed by atoms with Gasteiger partial charge in [0.05, 0.1) is 0 Å². The molecular weight excluding hydrogens is 200 g/mol. The topological polar surface area (TPSA) is 6.48 Å². The average molecular weight is 228 g/mol. The normalized spacial score (nSPS) is 24.8. The summed E-state index contributed by atoms with van der Waals surface area (Å²) in [7, 11) is -1.40. The fourth-order valence-corrected chi connectivity index (χ4v) is 8.07. The highest BCUT2D eigenvalue weighted by atomic mass is 28.3. The molecule has 1 rings (SSSR count). The fourth-order valence-electron chi connectivity index (χ4n) is 3.21. The zero-order valence-electron chi connectivity index (χ0n) is 11.8. The molecule has 0 aromatic carbocycles. The van der Waals surface area contributed by atoms with E-state index in [0.29, 0.717) is 11.1 Å². The maximum absolute atomic E-state index is 2.74. The predicted molar refractivity (Wildman–Crippen MR) is 70.4 cm³/mol. The van der Waals surface area contributed by atoms with Crippen LogP contribution in [0.25, 0.3) is 0 Å². The first-order chi connectivity index (χ1) is 6.47. The third-order valence-electron chi connectivity index (χ3n) is 3.49. The Bertz CT molecular complexity index is 211. The number of nitrogens with zero attached hydrogens (tertiary/aromatic N) is 2. The summed E-state index contributed by atoms with van der Waals surface area (Å²) in [5, 5.41) is 0. The van der Waals surface area contributed by atoms with Gasteiger partial charge in [-0.15, -0.1) is 0 Å². The Kier molecular flexibility index (Phi) is 3.14. The fraction of sp³-hybridized carbons (Fsp3) is 1.00. The van der Waals surface area contributed by atoms with Crippen LogP contribution in [0.15, 0.2) is 0 Å². The molecule has 90 valence electrons.